The third-order valence-corrected chi connectivity index (χ3v) is 7.42. The van der Waals surface area contributed by atoms with Crippen LogP contribution in [0.3, 0.4) is 0 Å². The third-order valence-electron chi connectivity index (χ3n) is 6.06. The van der Waals surface area contributed by atoms with Crippen molar-refractivity contribution in [3.8, 4) is 6.07 Å². The Morgan fingerprint density at radius 2 is 1.77 bits per heavy atom. The molecule has 0 amide bonds. The fourth-order valence-corrected chi connectivity index (χ4v) is 6.59. The van der Waals surface area contributed by atoms with Crippen molar-refractivity contribution in [1.29, 1.82) is 10.7 Å². The number of fused-ring (bicyclic) bond motifs is 1. The van der Waals surface area contributed by atoms with Crippen LogP contribution in [0, 0.1) is 34.5 Å². The number of hydrogen-bond acceptors (Lipinski definition) is 3. The average molecular weight is 411 g/mol. The summed E-state index contributed by atoms with van der Waals surface area (Å²) in [6, 6.07) is 3.48. The zero-order valence-electron chi connectivity index (χ0n) is 13.2. The van der Waals surface area contributed by atoms with Crippen molar-refractivity contribution in [1.82, 2.24) is 3.11 Å². The number of nitrogens with one attached hydrogen (secondary N) is 1. The predicted molar refractivity (Wildman–Crippen MR) is 97.9 cm³/mol. The lowest BCUT2D eigenvalue weighted by Gasteiger charge is -2.34. The molecule has 22 heavy (non-hydrogen) atoms. The molecule has 1 N–H and O–H groups in total. The SMILES string of the molecule is N#C/C(C=N)=C/C1C2CCCCC2N(I)C1C1CCCCC1. The van der Waals surface area contributed by atoms with Gasteiger partial charge in [-0.15, -0.1) is 0 Å². The van der Waals surface area contributed by atoms with Gasteiger partial charge in [0.2, 0.25) is 0 Å². The van der Waals surface area contributed by atoms with Crippen LogP contribution in [0.1, 0.15) is 57.8 Å². The quantitative estimate of drug-likeness (QED) is 0.312. The summed E-state index contributed by atoms with van der Waals surface area (Å²) in [6.45, 7) is 0. The Labute approximate surface area is 148 Å². The predicted octanol–water partition coefficient (Wildman–Crippen LogP) is 4.88. The van der Waals surface area contributed by atoms with Crippen LogP contribution in [0.5, 0.6) is 0 Å². The molecule has 3 rings (SSSR count). The van der Waals surface area contributed by atoms with E-state index < -0.39 is 0 Å². The van der Waals surface area contributed by atoms with Gasteiger partial charge in [0.25, 0.3) is 0 Å². The minimum atomic E-state index is 0.474. The smallest absolute Gasteiger partial charge is 0.100 e. The second kappa shape index (κ2) is 7.44. The lowest BCUT2D eigenvalue weighted by atomic mass is 9.73. The van der Waals surface area contributed by atoms with Crippen molar-refractivity contribution in [2.45, 2.75) is 69.9 Å². The molecule has 3 fully saturated rings. The van der Waals surface area contributed by atoms with E-state index in [4.69, 9.17) is 5.41 Å². The summed E-state index contributed by atoms with van der Waals surface area (Å²) in [5, 5.41) is 16.7. The van der Waals surface area contributed by atoms with Crippen molar-refractivity contribution in [3.05, 3.63) is 11.6 Å². The number of rotatable bonds is 3. The Bertz CT molecular complexity index is 475. The van der Waals surface area contributed by atoms with Crippen molar-refractivity contribution in [3.63, 3.8) is 0 Å². The van der Waals surface area contributed by atoms with Gasteiger partial charge >= 0.3 is 0 Å². The van der Waals surface area contributed by atoms with Gasteiger partial charge in [0, 0.05) is 41.2 Å². The van der Waals surface area contributed by atoms with Crippen LogP contribution in [0.4, 0.5) is 0 Å². The van der Waals surface area contributed by atoms with Gasteiger partial charge in [0.05, 0.1) is 5.57 Å². The first kappa shape index (κ1) is 16.4. The Morgan fingerprint density at radius 3 is 2.45 bits per heavy atom. The van der Waals surface area contributed by atoms with E-state index in [0.29, 0.717) is 29.5 Å². The summed E-state index contributed by atoms with van der Waals surface area (Å²) in [4.78, 5) is 0. The molecule has 1 saturated heterocycles. The summed E-state index contributed by atoms with van der Waals surface area (Å²) in [5.41, 5.74) is 0.557. The highest BCUT2D eigenvalue weighted by molar-refractivity contribution is 14.1. The summed E-state index contributed by atoms with van der Waals surface area (Å²) in [5.74, 6) is 1.95. The largest absolute Gasteiger partial charge is 0.307 e. The standard InChI is InChI=1S/C18H26IN3/c19-22-17-9-5-4-8-15(17)16(10-13(11-20)12-21)18(22)14-6-2-1-3-7-14/h10-11,14-18,20H,1-9H2/b13-10+,20-11?. The average Bonchev–Trinajstić information content (AvgIpc) is 2.86. The maximum absolute atomic E-state index is 9.26. The number of nitriles is 1. The highest BCUT2D eigenvalue weighted by atomic mass is 127. The van der Waals surface area contributed by atoms with Crippen LogP contribution in [0.25, 0.3) is 0 Å². The molecule has 0 radical (unpaired) electrons. The van der Waals surface area contributed by atoms with Crippen LogP contribution < -0.4 is 0 Å². The molecule has 0 aromatic carbocycles. The lowest BCUT2D eigenvalue weighted by Crippen LogP contribution is -2.36. The number of allylic oxidation sites excluding steroid dienone is 1. The molecule has 0 aromatic heterocycles. The normalized spacial score (nSPS) is 37.5. The molecule has 4 atom stereocenters. The maximum atomic E-state index is 9.26. The van der Waals surface area contributed by atoms with Crippen molar-refractivity contribution < 1.29 is 0 Å². The van der Waals surface area contributed by atoms with E-state index in [0.717, 1.165) is 5.92 Å². The molecule has 2 aliphatic carbocycles. The zero-order valence-corrected chi connectivity index (χ0v) is 15.3. The number of halogens is 1. The molecule has 4 heteroatoms. The lowest BCUT2D eigenvalue weighted by molar-refractivity contribution is 0.211. The van der Waals surface area contributed by atoms with Crippen LogP contribution >= 0.6 is 22.9 Å². The molecular formula is C18H26IN3. The zero-order chi connectivity index (χ0) is 15.5. The summed E-state index contributed by atoms with van der Waals surface area (Å²) < 4.78 is 2.64. The van der Waals surface area contributed by atoms with E-state index in [9.17, 15) is 5.26 Å². The molecule has 120 valence electrons. The van der Waals surface area contributed by atoms with E-state index in [1.54, 1.807) is 0 Å². The van der Waals surface area contributed by atoms with Crippen molar-refractivity contribution in [2.24, 2.45) is 17.8 Å². The fraction of sp³-hybridized carbons (Fsp3) is 0.778. The van der Waals surface area contributed by atoms with Crippen LogP contribution in [0.2, 0.25) is 0 Å². The van der Waals surface area contributed by atoms with E-state index in [1.165, 1.54) is 64.0 Å². The van der Waals surface area contributed by atoms with Gasteiger partial charge in [-0.25, -0.2) is 3.11 Å². The van der Waals surface area contributed by atoms with Gasteiger partial charge in [-0.05, 0) is 43.4 Å². The van der Waals surface area contributed by atoms with Crippen LogP contribution in [0.15, 0.2) is 11.6 Å². The molecule has 3 nitrogen and oxygen atoms in total. The maximum Gasteiger partial charge on any atom is 0.100 e. The molecule has 0 aromatic rings. The monoisotopic (exact) mass is 411 g/mol. The Kier molecular flexibility index (Phi) is 5.56. The highest BCUT2D eigenvalue weighted by Gasteiger charge is 2.50. The van der Waals surface area contributed by atoms with Gasteiger partial charge in [-0.1, -0.05) is 38.2 Å². The Balaban J connectivity index is 1.90. The molecule has 1 heterocycles. The van der Waals surface area contributed by atoms with Crippen LogP contribution in [-0.2, 0) is 0 Å². The fourth-order valence-electron chi connectivity index (χ4n) is 5.07. The minimum Gasteiger partial charge on any atom is -0.307 e. The van der Waals surface area contributed by atoms with Gasteiger partial charge < -0.3 is 5.41 Å². The van der Waals surface area contributed by atoms with Crippen molar-refractivity contribution >= 4 is 29.1 Å². The Hall–Kier alpha value is -0.410. The molecule has 1 aliphatic heterocycles. The Morgan fingerprint density at radius 1 is 1.09 bits per heavy atom. The van der Waals surface area contributed by atoms with Crippen molar-refractivity contribution in [2.75, 3.05) is 0 Å². The topological polar surface area (TPSA) is 50.9 Å². The summed E-state index contributed by atoms with van der Waals surface area (Å²) >= 11 is 2.58. The van der Waals surface area contributed by atoms with E-state index in [2.05, 4.69) is 38.1 Å². The summed E-state index contributed by atoms with van der Waals surface area (Å²) in [7, 11) is 0. The number of nitrogens with zero attached hydrogens (tertiary/aromatic N) is 2. The first-order valence-corrected chi connectivity index (χ1v) is 9.79. The molecule has 2 saturated carbocycles. The van der Waals surface area contributed by atoms with Gasteiger partial charge in [-0.2, -0.15) is 5.26 Å². The second-order valence-electron chi connectivity index (χ2n) is 7.20. The molecule has 4 unspecified atom stereocenters. The van der Waals surface area contributed by atoms with E-state index >= 15 is 0 Å². The minimum absolute atomic E-state index is 0.474. The molecular weight excluding hydrogens is 385 g/mol. The third kappa shape index (κ3) is 3.12. The number of hydrogen-bond donors (Lipinski definition) is 1. The molecule has 0 spiro atoms. The first-order chi connectivity index (χ1) is 10.8. The molecule has 3 aliphatic rings. The van der Waals surface area contributed by atoms with E-state index in [-0.39, 0.29) is 0 Å². The van der Waals surface area contributed by atoms with Crippen LogP contribution in [-0.4, -0.2) is 21.4 Å². The van der Waals surface area contributed by atoms with Gasteiger partial charge in [0.15, 0.2) is 0 Å². The van der Waals surface area contributed by atoms with Gasteiger partial charge in [-0.3, -0.25) is 0 Å². The first-order valence-electron chi connectivity index (χ1n) is 8.82. The van der Waals surface area contributed by atoms with E-state index in [1.807, 2.05) is 0 Å². The highest BCUT2D eigenvalue weighted by Crippen LogP contribution is 2.50. The molecule has 0 bridgehead atoms. The second-order valence-corrected chi connectivity index (χ2v) is 8.32. The summed E-state index contributed by atoms with van der Waals surface area (Å²) in [6.07, 6.45) is 15.5. The van der Waals surface area contributed by atoms with Gasteiger partial charge in [0.1, 0.15) is 6.07 Å².